The zero-order valence-corrected chi connectivity index (χ0v) is 18.7. The molecule has 1 aliphatic rings. The quantitative estimate of drug-likeness (QED) is 0.364. The third-order valence-electron chi connectivity index (χ3n) is 5.38. The van der Waals surface area contributed by atoms with E-state index in [1.807, 2.05) is 22.6 Å². The normalized spacial score (nSPS) is 15.5. The molecule has 1 fully saturated rings. The van der Waals surface area contributed by atoms with Crippen molar-refractivity contribution in [2.24, 2.45) is 7.05 Å². The predicted molar refractivity (Wildman–Crippen MR) is 117 cm³/mol. The number of pyridine rings is 1. The number of allylic oxidation sites excluding steroid dienone is 1. The fourth-order valence-electron chi connectivity index (χ4n) is 3.65. The van der Waals surface area contributed by atoms with E-state index in [1.165, 1.54) is 31.3 Å². The van der Waals surface area contributed by atoms with Gasteiger partial charge in [-0.2, -0.15) is 3.97 Å². The van der Waals surface area contributed by atoms with Crippen molar-refractivity contribution in [1.82, 2.24) is 13.1 Å². The van der Waals surface area contributed by atoms with Crippen molar-refractivity contribution in [3.05, 3.63) is 73.0 Å². The molecule has 7 nitrogen and oxygen atoms in total. The zero-order valence-electron chi connectivity index (χ0n) is 15.7. The van der Waals surface area contributed by atoms with Crippen LogP contribution in [0.4, 0.5) is 8.78 Å². The van der Waals surface area contributed by atoms with Gasteiger partial charge in [0.25, 0.3) is 5.56 Å². The molecule has 2 heterocycles. The highest BCUT2D eigenvalue weighted by Crippen LogP contribution is 2.48. The average molecular weight is 547 g/mol. The number of nitrogens with zero attached hydrogens (tertiary/aromatic N) is 3. The number of hydrogen-bond acceptors (Lipinski definition) is 4. The SMILES string of the molecule is C=CCC1(S(=O)(=O)n2c(=O)n(-c3ccc(I)cc3F)c3c2cc(F)c(=O)n3C)CC1. The highest BCUT2D eigenvalue weighted by molar-refractivity contribution is 14.1. The van der Waals surface area contributed by atoms with Crippen LogP contribution in [0.5, 0.6) is 0 Å². The van der Waals surface area contributed by atoms with Crippen LogP contribution in [-0.4, -0.2) is 26.3 Å². The van der Waals surface area contributed by atoms with Crippen LogP contribution in [0.2, 0.25) is 0 Å². The van der Waals surface area contributed by atoms with E-state index in [1.54, 1.807) is 0 Å². The Morgan fingerprint density at radius 1 is 1.20 bits per heavy atom. The van der Waals surface area contributed by atoms with Crippen molar-refractivity contribution < 1.29 is 17.2 Å². The predicted octanol–water partition coefficient (Wildman–Crippen LogP) is 2.66. The molecular formula is C19H16F2IN3O4S. The fourth-order valence-corrected chi connectivity index (χ4v) is 6.12. The van der Waals surface area contributed by atoms with Crippen LogP contribution in [0.1, 0.15) is 19.3 Å². The van der Waals surface area contributed by atoms with Gasteiger partial charge >= 0.3 is 5.69 Å². The summed E-state index contributed by atoms with van der Waals surface area (Å²) in [5, 5.41) is 0. The topological polar surface area (TPSA) is 83.1 Å². The number of imidazole rings is 1. The van der Waals surface area contributed by atoms with Crippen molar-refractivity contribution in [1.29, 1.82) is 0 Å². The van der Waals surface area contributed by atoms with Gasteiger partial charge in [0, 0.05) is 16.7 Å². The summed E-state index contributed by atoms with van der Waals surface area (Å²) < 4.78 is 57.3. The summed E-state index contributed by atoms with van der Waals surface area (Å²) in [6.07, 6.45) is 2.18. The Kier molecular flexibility index (Phi) is 4.80. The summed E-state index contributed by atoms with van der Waals surface area (Å²) in [5.74, 6) is -2.01. The van der Waals surface area contributed by atoms with Gasteiger partial charge in [-0.05, 0) is 60.1 Å². The molecule has 158 valence electrons. The second kappa shape index (κ2) is 6.87. The van der Waals surface area contributed by atoms with Gasteiger partial charge in [-0.25, -0.2) is 26.6 Å². The number of rotatable bonds is 5. The van der Waals surface area contributed by atoms with E-state index < -0.39 is 37.7 Å². The van der Waals surface area contributed by atoms with Crippen molar-refractivity contribution in [2.45, 2.75) is 24.0 Å². The first-order valence-electron chi connectivity index (χ1n) is 8.90. The van der Waals surface area contributed by atoms with E-state index in [2.05, 4.69) is 6.58 Å². The number of benzene rings is 1. The second-order valence-electron chi connectivity index (χ2n) is 7.22. The second-order valence-corrected chi connectivity index (χ2v) is 10.7. The lowest BCUT2D eigenvalue weighted by molar-refractivity contribution is 0.565. The molecule has 0 radical (unpaired) electrons. The van der Waals surface area contributed by atoms with Crippen LogP contribution in [0.25, 0.3) is 16.9 Å². The summed E-state index contributed by atoms with van der Waals surface area (Å²) in [6.45, 7) is 3.58. The molecule has 30 heavy (non-hydrogen) atoms. The van der Waals surface area contributed by atoms with E-state index >= 15 is 0 Å². The number of aromatic nitrogens is 3. The van der Waals surface area contributed by atoms with Crippen LogP contribution >= 0.6 is 22.6 Å². The van der Waals surface area contributed by atoms with Gasteiger partial charge in [0.2, 0.25) is 10.0 Å². The van der Waals surface area contributed by atoms with Crippen LogP contribution < -0.4 is 11.2 Å². The highest BCUT2D eigenvalue weighted by Gasteiger charge is 2.55. The lowest BCUT2D eigenvalue weighted by atomic mass is 10.3. The van der Waals surface area contributed by atoms with Gasteiger partial charge in [0.1, 0.15) is 17.0 Å². The molecule has 1 saturated carbocycles. The molecule has 0 N–H and O–H groups in total. The monoisotopic (exact) mass is 547 g/mol. The molecule has 4 rings (SSSR count). The first-order chi connectivity index (χ1) is 14.1. The summed E-state index contributed by atoms with van der Waals surface area (Å²) in [5.41, 5.74) is -2.95. The first-order valence-corrected chi connectivity index (χ1v) is 11.4. The zero-order chi connectivity index (χ0) is 22.0. The molecule has 0 atom stereocenters. The Bertz CT molecular complexity index is 1450. The Morgan fingerprint density at radius 2 is 1.87 bits per heavy atom. The maximum absolute atomic E-state index is 14.7. The lowest BCUT2D eigenvalue weighted by Crippen LogP contribution is -2.37. The van der Waals surface area contributed by atoms with E-state index in [0.717, 1.165) is 9.13 Å². The third-order valence-corrected chi connectivity index (χ3v) is 8.55. The van der Waals surface area contributed by atoms with Crippen molar-refractivity contribution in [2.75, 3.05) is 0 Å². The highest BCUT2D eigenvalue weighted by atomic mass is 127. The molecule has 0 unspecified atom stereocenters. The van der Waals surface area contributed by atoms with E-state index in [-0.39, 0.29) is 23.3 Å². The fraction of sp³-hybridized carbons (Fsp3) is 0.263. The minimum atomic E-state index is -4.30. The Hall–Kier alpha value is -2.28. The Morgan fingerprint density at radius 3 is 2.43 bits per heavy atom. The maximum atomic E-state index is 14.7. The number of aryl methyl sites for hydroxylation is 1. The van der Waals surface area contributed by atoms with Gasteiger partial charge < -0.3 is 0 Å². The van der Waals surface area contributed by atoms with Crippen molar-refractivity contribution in [3.8, 4) is 5.69 Å². The van der Waals surface area contributed by atoms with Gasteiger partial charge in [0.15, 0.2) is 5.82 Å². The smallest absolute Gasteiger partial charge is 0.293 e. The lowest BCUT2D eigenvalue weighted by Gasteiger charge is -2.15. The van der Waals surface area contributed by atoms with E-state index in [4.69, 9.17) is 0 Å². The van der Waals surface area contributed by atoms with Gasteiger partial charge in [-0.1, -0.05) is 6.08 Å². The number of hydrogen-bond donors (Lipinski definition) is 0. The minimum absolute atomic E-state index is 0.112. The molecule has 2 aromatic heterocycles. The first kappa shape index (κ1) is 21.0. The molecule has 1 aliphatic carbocycles. The summed E-state index contributed by atoms with van der Waals surface area (Å²) in [7, 11) is -3.10. The van der Waals surface area contributed by atoms with Crippen LogP contribution in [0.15, 0.2) is 46.5 Å². The van der Waals surface area contributed by atoms with Gasteiger partial charge in [0.05, 0.1) is 10.4 Å². The molecule has 3 aromatic rings. The average Bonchev–Trinajstić information content (AvgIpc) is 3.40. The summed E-state index contributed by atoms with van der Waals surface area (Å²) >= 11 is 1.89. The molecule has 0 amide bonds. The maximum Gasteiger partial charge on any atom is 0.348 e. The molecule has 0 saturated heterocycles. The van der Waals surface area contributed by atoms with E-state index in [0.29, 0.717) is 26.5 Å². The van der Waals surface area contributed by atoms with Crippen molar-refractivity contribution >= 4 is 43.8 Å². The molecular weight excluding hydrogens is 531 g/mol. The van der Waals surface area contributed by atoms with Crippen LogP contribution in [0.3, 0.4) is 0 Å². The number of halogens is 3. The van der Waals surface area contributed by atoms with Gasteiger partial charge in [-0.3, -0.25) is 9.36 Å². The summed E-state index contributed by atoms with van der Waals surface area (Å²) in [4.78, 5) is 25.5. The Balaban J connectivity index is 2.19. The minimum Gasteiger partial charge on any atom is -0.293 e. The summed E-state index contributed by atoms with van der Waals surface area (Å²) in [6, 6.07) is 4.72. The molecule has 0 spiro atoms. The van der Waals surface area contributed by atoms with Gasteiger partial charge in [-0.15, -0.1) is 6.58 Å². The molecule has 0 aliphatic heterocycles. The third kappa shape index (κ3) is 2.82. The van der Waals surface area contributed by atoms with E-state index in [9.17, 15) is 26.8 Å². The molecule has 0 bridgehead atoms. The standard InChI is InChI=1S/C19H16F2IN3O4S/c1-3-6-19(7-8-19)30(28,29)25-15-10-13(21)17(26)23(2)16(15)24(18(25)27)14-5-4-11(22)9-12(14)20/h3-5,9-10H,1,6-8H2,2H3. The number of fused-ring (bicyclic) bond motifs is 1. The van der Waals surface area contributed by atoms with Crippen LogP contribution in [-0.2, 0) is 17.1 Å². The Labute approximate surface area is 183 Å². The largest absolute Gasteiger partial charge is 0.348 e. The molecule has 11 heteroatoms. The molecule has 1 aromatic carbocycles. The van der Waals surface area contributed by atoms with Crippen molar-refractivity contribution in [3.63, 3.8) is 0 Å². The van der Waals surface area contributed by atoms with Crippen LogP contribution in [0, 0.1) is 15.2 Å².